The Balaban J connectivity index is 2.70. The number of amides is 1. The van der Waals surface area contributed by atoms with Crippen LogP contribution in [0.1, 0.15) is 17.4 Å². The lowest BCUT2D eigenvalue weighted by molar-refractivity contribution is 0.0953. The molecule has 0 aromatic carbocycles. The molecule has 0 radical (unpaired) electrons. The standard InChI is InChI=1S/C10H13N3O/c1-7(2)6-13-10(14)9-8(11)4-3-5-12-9/h3-5H,1,6,11H2,2H3,(H,13,14). The number of carbonyl (C=O) groups is 1. The zero-order chi connectivity index (χ0) is 10.6. The predicted molar refractivity (Wildman–Crippen MR) is 55.8 cm³/mol. The first kappa shape index (κ1) is 10.2. The molecule has 0 saturated heterocycles. The molecule has 1 aromatic heterocycles. The fraction of sp³-hybridized carbons (Fsp3) is 0.200. The number of nitrogens with one attached hydrogen (secondary N) is 1. The number of hydrogen-bond donors (Lipinski definition) is 2. The van der Waals surface area contributed by atoms with Crippen LogP contribution in [0.25, 0.3) is 0 Å². The van der Waals surface area contributed by atoms with Crippen LogP contribution in [-0.4, -0.2) is 17.4 Å². The van der Waals surface area contributed by atoms with Crippen molar-refractivity contribution in [2.75, 3.05) is 12.3 Å². The van der Waals surface area contributed by atoms with Gasteiger partial charge in [-0.25, -0.2) is 4.98 Å². The molecule has 0 bridgehead atoms. The minimum Gasteiger partial charge on any atom is -0.397 e. The van der Waals surface area contributed by atoms with Gasteiger partial charge in [-0.1, -0.05) is 12.2 Å². The van der Waals surface area contributed by atoms with Crippen LogP contribution in [0.15, 0.2) is 30.5 Å². The number of nitrogens with zero attached hydrogens (tertiary/aromatic N) is 1. The molecule has 3 N–H and O–H groups in total. The lowest BCUT2D eigenvalue weighted by Crippen LogP contribution is -2.26. The quantitative estimate of drug-likeness (QED) is 0.699. The molecule has 0 aliphatic rings. The zero-order valence-corrected chi connectivity index (χ0v) is 8.08. The number of aromatic nitrogens is 1. The van der Waals surface area contributed by atoms with Crippen LogP contribution >= 0.6 is 0 Å². The maximum atomic E-state index is 11.5. The third kappa shape index (κ3) is 2.58. The third-order valence-electron chi connectivity index (χ3n) is 1.60. The monoisotopic (exact) mass is 191 g/mol. The molecular formula is C10H13N3O. The normalized spacial score (nSPS) is 9.50. The summed E-state index contributed by atoms with van der Waals surface area (Å²) in [5, 5.41) is 2.66. The summed E-state index contributed by atoms with van der Waals surface area (Å²) in [5.74, 6) is -0.272. The van der Waals surface area contributed by atoms with Crippen LogP contribution in [-0.2, 0) is 0 Å². The van der Waals surface area contributed by atoms with Crippen molar-refractivity contribution in [3.05, 3.63) is 36.2 Å². The molecule has 0 aliphatic carbocycles. The number of nitrogens with two attached hydrogens (primary N) is 1. The molecular weight excluding hydrogens is 178 g/mol. The fourth-order valence-electron chi connectivity index (χ4n) is 0.922. The first-order valence-electron chi connectivity index (χ1n) is 4.24. The van der Waals surface area contributed by atoms with E-state index in [0.29, 0.717) is 12.2 Å². The molecule has 1 aromatic rings. The van der Waals surface area contributed by atoms with E-state index in [4.69, 9.17) is 5.73 Å². The van der Waals surface area contributed by atoms with Gasteiger partial charge < -0.3 is 11.1 Å². The number of pyridine rings is 1. The van der Waals surface area contributed by atoms with Crippen LogP contribution in [0.5, 0.6) is 0 Å². The average molecular weight is 191 g/mol. The number of anilines is 1. The number of carbonyl (C=O) groups excluding carboxylic acids is 1. The van der Waals surface area contributed by atoms with E-state index in [9.17, 15) is 4.79 Å². The first-order valence-corrected chi connectivity index (χ1v) is 4.24. The number of rotatable bonds is 3. The van der Waals surface area contributed by atoms with E-state index in [0.717, 1.165) is 5.57 Å². The average Bonchev–Trinajstić information content (AvgIpc) is 2.15. The Kier molecular flexibility index (Phi) is 3.23. The molecule has 0 fully saturated rings. The minimum atomic E-state index is -0.272. The van der Waals surface area contributed by atoms with E-state index < -0.39 is 0 Å². The topological polar surface area (TPSA) is 68.0 Å². The van der Waals surface area contributed by atoms with Gasteiger partial charge in [-0.15, -0.1) is 0 Å². The van der Waals surface area contributed by atoms with Gasteiger partial charge in [-0.3, -0.25) is 4.79 Å². The fourth-order valence-corrected chi connectivity index (χ4v) is 0.922. The van der Waals surface area contributed by atoms with Crippen LogP contribution in [0, 0.1) is 0 Å². The number of nitrogen functional groups attached to an aromatic ring is 1. The van der Waals surface area contributed by atoms with Crippen molar-refractivity contribution in [2.24, 2.45) is 0 Å². The van der Waals surface area contributed by atoms with E-state index in [1.807, 2.05) is 6.92 Å². The van der Waals surface area contributed by atoms with Gasteiger partial charge in [0.1, 0.15) is 0 Å². The summed E-state index contributed by atoms with van der Waals surface area (Å²) in [7, 11) is 0. The second kappa shape index (κ2) is 4.41. The molecule has 4 heteroatoms. The van der Waals surface area contributed by atoms with Gasteiger partial charge in [0.05, 0.1) is 5.69 Å². The molecule has 1 heterocycles. The second-order valence-electron chi connectivity index (χ2n) is 3.08. The van der Waals surface area contributed by atoms with Crippen molar-refractivity contribution in [3.63, 3.8) is 0 Å². The van der Waals surface area contributed by atoms with Crippen molar-refractivity contribution >= 4 is 11.6 Å². The van der Waals surface area contributed by atoms with E-state index in [1.54, 1.807) is 12.1 Å². The predicted octanol–water partition coefficient (Wildman–Crippen LogP) is 0.970. The summed E-state index contributed by atoms with van der Waals surface area (Å²) in [6, 6.07) is 3.33. The lowest BCUT2D eigenvalue weighted by atomic mass is 10.2. The largest absolute Gasteiger partial charge is 0.397 e. The van der Waals surface area contributed by atoms with Crippen molar-refractivity contribution in [1.29, 1.82) is 0 Å². The maximum absolute atomic E-state index is 11.5. The highest BCUT2D eigenvalue weighted by atomic mass is 16.1. The summed E-state index contributed by atoms with van der Waals surface area (Å²) < 4.78 is 0. The van der Waals surface area contributed by atoms with Gasteiger partial charge in [0, 0.05) is 12.7 Å². The summed E-state index contributed by atoms with van der Waals surface area (Å²) in [5.41, 5.74) is 7.10. The molecule has 0 atom stereocenters. The Morgan fingerprint density at radius 3 is 3.00 bits per heavy atom. The zero-order valence-electron chi connectivity index (χ0n) is 8.08. The van der Waals surface area contributed by atoms with Gasteiger partial charge in [0.15, 0.2) is 5.69 Å². The molecule has 74 valence electrons. The summed E-state index contributed by atoms with van der Waals surface area (Å²) in [6.45, 7) is 5.95. The highest BCUT2D eigenvalue weighted by Gasteiger charge is 2.09. The highest BCUT2D eigenvalue weighted by molar-refractivity contribution is 5.97. The smallest absolute Gasteiger partial charge is 0.272 e. The Hall–Kier alpha value is -1.84. The lowest BCUT2D eigenvalue weighted by Gasteiger charge is -2.05. The Labute approximate surface area is 82.8 Å². The first-order chi connectivity index (χ1) is 6.61. The van der Waals surface area contributed by atoms with Crippen molar-refractivity contribution in [1.82, 2.24) is 10.3 Å². The number of hydrogen-bond acceptors (Lipinski definition) is 3. The second-order valence-corrected chi connectivity index (χ2v) is 3.08. The third-order valence-corrected chi connectivity index (χ3v) is 1.60. The SMILES string of the molecule is C=C(C)CNC(=O)c1ncccc1N. The molecule has 14 heavy (non-hydrogen) atoms. The van der Waals surface area contributed by atoms with E-state index >= 15 is 0 Å². The molecule has 1 rings (SSSR count). The summed E-state index contributed by atoms with van der Waals surface area (Å²) >= 11 is 0. The summed E-state index contributed by atoms with van der Waals surface area (Å²) in [6.07, 6.45) is 1.53. The molecule has 4 nitrogen and oxygen atoms in total. The summed E-state index contributed by atoms with van der Waals surface area (Å²) in [4.78, 5) is 15.4. The minimum absolute atomic E-state index is 0.258. The molecule has 0 spiro atoms. The van der Waals surface area contributed by atoms with Crippen LogP contribution < -0.4 is 11.1 Å². The van der Waals surface area contributed by atoms with Crippen molar-refractivity contribution < 1.29 is 4.79 Å². The van der Waals surface area contributed by atoms with Crippen LogP contribution in [0.3, 0.4) is 0 Å². The maximum Gasteiger partial charge on any atom is 0.272 e. The van der Waals surface area contributed by atoms with Crippen LogP contribution in [0.4, 0.5) is 5.69 Å². The van der Waals surface area contributed by atoms with Gasteiger partial charge in [-0.2, -0.15) is 0 Å². The van der Waals surface area contributed by atoms with Crippen LogP contribution in [0.2, 0.25) is 0 Å². The van der Waals surface area contributed by atoms with Gasteiger partial charge in [0.25, 0.3) is 5.91 Å². The Morgan fingerprint density at radius 1 is 1.71 bits per heavy atom. The van der Waals surface area contributed by atoms with E-state index in [-0.39, 0.29) is 11.6 Å². The molecule has 0 saturated carbocycles. The van der Waals surface area contributed by atoms with E-state index in [2.05, 4.69) is 16.9 Å². The van der Waals surface area contributed by atoms with Gasteiger partial charge in [-0.05, 0) is 19.1 Å². The Bertz CT molecular complexity index is 360. The molecule has 0 aliphatic heterocycles. The van der Waals surface area contributed by atoms with Crippen molar-refractivity contribution in [3.8, 4) is 0 Å². The van der Waals surface area contributed by atoms with Gasteiger partial charge >= 0.3 is 0 Å². The van der Waals surface area contributed by atoms with Crippen molar-refractivity contribution in [2.45, 2.75) is 6.92 Å². The van der Waals surface area contributed by atoms with E-state index in [1.165, 1.54) is 6.20 Å². The Morgan fingerprint density at radius 2 is 2.43 bits per heavy atom. The van der Waals surface area contributed by atoms with Gasteiger partial charge in [0.2, 0.25) is 0 Å². The molecule has 0 unspecified atom stereocenters. The highest BCUT2D eigenvalue weighted by Crippen LogP contribution is 2.06. The molecule has 1 amide bonds.